The van der Waals surface area contributed by atoms with Crippen LogP contribution in [-0.2, 0) is 16.1 Å². The summed E-state index contributed by atoms with van der Waals surface area (Å²) in [5, 5.41) is 12.0. The van der Waals surface area contributed by atoms with Gasteiger partial charge in [-0.05, 0) is 17.7 Å². The predicted octanol–water partition coefficient (Wildman–Crippen LogP) is 2.15. The molecule has 1 aromatic carbocycles. The van der Waals surface area contributed by atoms with Gasteiger partial charge in [0.2, 0.25) is 5.91 Å². The first-order chi connectivity index (χ1) is 11.2. The van der Waals surface area contributed by atoms with Crippen molar-refractivity contribution >= 4 is 23.5 Å². The van der Waals surface area contributed by atoms with Crippen LogP contribution in [0.4, 0.5) is 13.2 Å². The summed E-state index contributed by atoms with van der Waals surface area (Å²) in [6, 6.07) is 6.82. The number of hydrogen-bond acceptors (Lipinski definition) is 3. The smallest absolute Gasteiger partial charge is 0.393 e. The number of carboxylic acids is 1. The second-order valence-electron chi connectivity index (χ2n) is 5.69. The van der Waals surface area contributed by atoms with E-state index in [2.05, 4.69) is 5.32 Å². The van der Waals surface area contributed by atoms with Crippen molar-refractivity contribution in [2.24, 2.45) is 11.8 Å². The summed E-state index contributed by atoms with van der Waals surface area (Å²) in [5.41, 5.74) is 0.758. The highest BCUT2D eigenvalue weighted by atomic mass is 35.5. The highest BCUT2D eigenvalue weighted by Crippen LogP contribution is 2.37. The van der Waals surface area contributed by atoms with Crippen LogP contribution in [0.15, 0.2) is 24.3 Å². The van der Waals surface area contributed by atoms with Gasteiger partial charge in [0.05, 0.1) is 18.4 Å². The molecule has 1 heterocycles. The third-order valence-electron chi connectivity index (χ3n) is 3.88. The maximum Gasteiger partial charge on any atom is 0.393 e. The summed E-state index contributed by atoms with van der Waals surface area (Å²) in [6.45, 7) is -0.885. The zero-order valence-corrected chi connectivity index (χ0v) is 13.3. The van der Waals surface area contributed by atoms with Crippen molar-refractivity contribution in [2.75, 3.05) is 19.6 Å². The quantitative estimate of drug-likeness (QED) is 0.840. The van der Waals surface area contributed by atoms with E-state index in [1.807, 2.05) is 0 Å². The van der Waals surface area contributed by atoms with Crippen LogP contribution in [0.5, 0.6) is 0 Å². The van der Waals surface area contributed by atoms with Crippen LogP contribution in [0, 0.1) is 11.8 Å². The van der Waals surface area contributed by atoms with Crippen molar-refractivity contribution in [3.05, 3.63) is 34.9 Å². The molecule has 1 aliphatic heterocycles. The lowest BCUT2D eigenvalue weighted by molar-refractivity contribution is -0.188. The Bertz CT molecular complexity index is 624. The van der Waals surface area contributed by atoms with Gasteiger partial charge in [0, 0.05) is 24.7 Å². The summed E-state index contributed by atoms with van der Waals surface area (Å²) < 4.78 is 38.7. The first-order valence-electron chi connectivity index (χ1n) is 7.20. The number of halogens is 4. The summed E-state index contributed by atoms with van der Waals surface area (Å²) in [5.74, 6) is -5.48. The molecule has 24 heavy (non-hydrogen) atoms. The van der Waals surface area contributed by atoms with Crippen LogP contribution < -0.4 is 5.32 Å². The molecule has 0 aromatic heterocycles. The molecule has 132 valence electrons. The van der Waals surface area contributed by atoms with E-state index >= 15 is 0 Å². The molecule has 0 radical (unpaired) electrons. The van der Waals surface area contributed by atoms with Gasteiger partial charge < -0.3 is 10.4 Å². The number of aliphatic carboxylic acids is 1. The molecule has 2 rings (SSSR count). The summed E-state index contributed by atoms with van der Waals surface area (Å²) >= 11 is 5.82. The van der Waals surface area contributed by atoms with Crippen LogP contribution in [-0.4, -0.2) is 47.7 Å². The number of amides is 1. The van der Waals surface area contributed by atoms with E-state index in [1.165, 1.54) is 4.90 Å². The maximum absolute atomic E-state index is 12.9. The molecular formula is C15H16ClF3N2O3. The highest BCUT2D eigenvalue weighted by Gasteiger charge is 2.52. The van der Waals surface area contributed by atoms with E-state index in [-0.39, 0.29) is 19.6 Å². The third kappa shape index (κ3) is 4.85. The van der Waals surface area contributed by atoms with Crippen molar-refractivity contribution in [1.82, 2.24) is 10.2 Å². The van der Waals surface area contributed by atoms with Gasteiger partial charge in [0.15, 0.2) is 0 Å². The fraction of sp³-hybridized carbons (Fsp3) is 0.467. The van der Waals surface area contributed by atoms with Crippen molar-refractivity contribution in [2.45, 2.75) is 12.7 Å². The second kappa shape index (κ2) is 7.40. The topological polar surface area (TPSA) is 69.6 Å². The molecule has 1 fully saturated rings. The lowest BCUT2D eigenvalue weighted by atomic mass is 9.96. The van der Waals surface area contributed by atoms with Crippen LogP contribution in [0.2, 0.25) is 5.02 Å². The predicted molar refractivity (Wildman–Crippen MR) is 80.4 cm³/mol. The lowest BCUT2D eigenvalue weighted by Crippen LogP contribution is -2.36. The Morgan fingerprint density at radius 2 is 2.04 bits per heavy atom. The van der Waals surface area contributed by atoms with Gasteiger partial charge in [-0.25, -0.2) is 0 Å². The molecule has 0 saturated carbocycles. The Balaban J connectivity index is 1.89. The minimum atomic E-state index is -4.60. The van der Waals surface area contributed by atoms with E-state index in [4.69, 9.17) is 16.7 Å². The van der Waals surface area contributed by atoms with Crippen molar-refractivity contribution < 1.29 is 27.9 Å². The van der Waals surface area contributed by atoms with E-state index in [0.29, 0.717) is 5.02 Å². The Kier molecular flexibility index (Phi) is 5.71. The number of hydrogen-bond donors (Lipinski definition) is 2. The van der Waals surface area contributed by atoms with Crippen molar-refractivity contribution in [1.29, 1.82) is 0 Å². The summed E-state index contributed by atoms with van der Waals surface area (Å²) in [4.78, 5) is 24.1. The van der Waals surface area contributed by atoms with Gasteiger partial charge in [-0.1, -0.05) is 23.7 Å². The van der Waals surface area contributed by atoms with Gasteiger partial charge in [-0.3, -0.25) is 14.5 Å². The van der Waals surface area contributed by atoms with E-state index in [1.54, 1.807) is 24.3 Å². The minimum Gasteiger partial charge on any atom is -0.481 e. The number of carbonyl (C=O) groups excluding carboxylic acids is 1. The summed E-state index contributed by atoms with van der Waals surface area (Å²) in [6.07, 6.45) is -4.60. The molecule has 1 aliphatic rings. The SMILES string of the molecule is O=C(CN1C[C@@H](C(F)(F)F)[C@H](C(=O)O)C1)NCc1cccc(Cl)c1. The van der Waals surface area contributed by atoms with Crippen LogP contribution in [0.3, 0.4) is 0 Å². The first kappa shape index (κ1) is 18.5. The molecule has 1 saturated heterocycles. The average Bonchev–Trinajstić information content (AvgIpc) is 2.89. The molecule has 2 N–H and O–H groups in total. The molecule has 0 spiro atoms. The van der Waals surface area contributed by atoms with Gasteiger partial charge in [0.25, 0.3) is 0 Å². The van der Waals surface area contributed by atoms with Crippen LogP contribution >= 0.6 is 11.6 Å². The zero-order chi connectivity index (χ0) is 17.9. The Morgan fingerprint density at radius 3 is 2.58 bits per heavy atom. The monoisotopic (exact) mass is 364 g/mol. The fourth-order valence-electron chi connectivity index (χ4n) is 2.70. The van der Waals surface area contributed by atoms with Gasteiger partial charge >= 0.3 is 12.1 Å². The van der Waals surface area contributed by atoms with E-state index in [0.717, 1.165) is 5.56 Å². The zero-order valence-electron chi connectivity index (χ0n) is 12.5. The Morgan fingerprint density at radius 1 is 1.33 bits per heavy atom. The molecule has 0 unspecified atom stereocenters. The molecule has 2 atom stereocenters. The van der Waals surface area contributed by atoms with Crippen LogP contribution in [0.1, 0.15) is 5.56 Å². The number of benzene rings is 1. The molecule has 0 aliphatic carbocycles. The number of likely N-dealkylation sites (tertiary alicyclic amines) is 1. The van der Waals surface area contributed by atoms with Crippen molar-refractivity contribution in [3.8, 4) is 0 Å². The number of rotatable bonds is 5. The molecule has 1 aromatic rings. The number of carbonyl (C=O) groups is 2. The average molecular weight is 365 g/mol. The third-order valence-corrected chi connectivity index (χ3v) is 4.11. The van der Waals surface area contributed by atoms with Crippen LogP contribution in [0.25, 0.3) is 0 Å². The molecular weight excluding hydrogens is 349 g/mol. The molecule has 0 bridgehead atoms. The largest absolute Gasteiger partial charge is 0.481 e. The number of nitrogens with zero attached hydrogens (tertiary/aromatic N) is 1. The normalized spacial score (nSPS) is 21.7. The molecule has 9 heteroatoms. The van der Waals surface area contributed by atoms with Gasteiger partial charge in [0.1, 0.15) is 0 Å². The van der Waals surface area contributed by atoms with E-state index in [9.17, 15) is 22.8 Å². The number of alkyl halides is 3. The van der Waals surface area contributed by atoms with Gasteiger partial charge in [-0.15, -0.1) is 0 Å². The lowest BCUT2D eigenvalue weighted by Gasteiger charge is -2.18. The Hall–Kier alpha value is -1.80. The molecule has 1 amide bonds. The van der Waals surface area contributed by atoms with Crippen molar-refractivity contribution in [3.63, 3.8) is 0 Å². The maximum atomic E-state index is 12.9. The number of nitrogens with one attached hydrogen (secondary N) is 1. The fourth-order valence-corrected chi connectivity index (χ4v) is 2.92. The number of carboxylic acid groups (broad SMARTS) is 1. The van der Waals surface area contributed by atoms with E-state index < -0.39 is 36.4 Å². The second-order valence-corrected chi connectivity index (χ2v) is 6.13. The first-order valence-corrected chi connectivity index (χ1v) is 7.57. The van der Waals surface area contributed by atoms with Gasteiger partial charge in [-0.2, -0.15) is 13.2 Å². The Labute approximate surface area is 141 Å². The summed E-state index contributed by atoms with van der Waals surface area (Å²) in [7, 11) is 0. The minimum absolute atomic E-state index is 0.193. The molecule has 5 nitrogen and oxygen atoms in total. The standard InChI is InChI=1S/C15H16ClF3N2O3/c16-10-3-1-2-9(4-10)5-20-13(22)8-21-6-11(14(23)24)12(7-21)15(17,18)19/h1-4,11-12H,5-8H2,(H,20,22)(H,23,24)/t11-,12-/m1/s1. The highest BCUT2D eigenvalue weighted by molar-refractivity contribution is 6.30.